The van der Waals surface area contributed by atoms with Gasteiger partial charge < -0.3 is 14.2 Å². The molecule has 0 amide bonds. The van der Waals surface area contributed by atoms with E-state index in [0.29, 0.717) is 12.0 Å². The average molecular weight is 278 g/mol. The van der Waals surface area contributed by atoms with Gasteiger partial charge in [0, 0.05) is 5.92 Å². The molecule has 0 bridgehead atoms. The van der Waals surface area contributed by atoms with Crippen LogP contribution in [-0.2, 0) is 4.74 Å². The van der Waals surface area contributed by atoms with Crippen molar-refractivity contribution in [2.75, 3.05) is 14.2 Å². The molecule has 1 saturated heterocycles. The molecular formula is C17H26O3. The SMILES string of the molecule is CCC[C@H]1CC[C@H](c2ccc(OC)c(OC)c2)[C@H](C)O1. The summed E-state index contributed by atoms with van der Waals surface area (Å²) in [7, 11) is 3.35. The summed E-state index contributed by atoms with van der Waals surface area (Å²) in [6.45, 7) is 4.40. The van der Waals surface area contributed by atoms with Crippen LogP contribution in [0, 0.1) is 0 Å². The molecule has 20 heavy (non-hydrogen) atoms. The monoisotopic (exact) mass is 278 g/mol. The third-order valence-corrected chi connectivity index (χ3v) is 4.22. The maximum Gasteiger partial charge on any atom is 0.160 e. The van der Waals surface area contributed by atoms with Crippen LogP contribution in [0.2, 0.25) is 0 Å². The largest absolute Gasteiger partial charge is 0.493 e. The molecule has 1 fully saturated rings. The summed E-state index contributed by atoms with van der Waals surface area (Å²) in [4.78, 5) is 0. The number of rotatable bonds is 5. The van der Waals surface area contributed by atoms with E-state index in [2.05, 4.69) is 26.0 Å². The molecule has 112 valence electrons. The first-order valence-electron chi connectivity index (χ1n) is 7.57. The van der Waals surface area contributed by atoms with Crippen molar-refractivity contribution in [1.29, 1.82) is 0 Å². The zero-order valence-corrected chi connectivity index (χ0v) is 13.0. The van der Waals surface area contributed by atoms with E-state index in [4.69, 9.17) is 14.2 Å². The van der Waals surface area contributed by atoms with Gasteiger partial charge in [-0.2, -0.15) is 0 Å². The highest BCUT2D eigenvalue weighted by atomic mass is 16.5. The predicted octanol–water partition coefficient (Wildman–Crippen LogP) is 4.16. The van der Waals surface area contributed by atoms with Gasteiger partial charge in [0.15, 0.2) is 11.5 Å². The van der Waals surface area contributed by atoms with E-state index in [0.717, 1.165) is 17.9 Å². The van der Waals surface area contributed by atoms with Crippen molar-refractivity contribution in [2.45, 2.75) is 57.7 Å². The first kappa shape index (κ1) is 15.2. The lowest BCUT2D eigenvalue weighted by molar-refractivity contribution is -0.0564. The molecular weight excluding hydrogens is 252 g/mol. The standard InChI is InChI=1S/C17H26O3/c1-5-6-14-8-9-15(12(2)20-14)13-7-10-16(18-3)17(11-13)19-4/h7,10-12,14-15H,5-6,8-9H2,1-4H3/t12-,14-,15-/m0/s1. The van der Waals surface area contributed by atoms with Crippen molar-refractivity contribution in [1.82, 2.24) is 0 Å². The molecule has 0 aromatic heterocycles. The van der Waals surface area contributed by atoms with Gasteiger partial charge in [0.05, 0.1) is 26.4 Å². The first-order valence-corrected chi connectivity index (χ1v) is 7.57. The van der Waals surface area contributed by atoms with E-state index in [1.54, 1.807) is 14.2 Å². The van der Waals surface area contributed by atoms with Gasteiger partial charge in [0.1, 0.15) is 0 Å². The van der Waals surface area contributed by atoms with Gasteiger partial charge in [-0.25, -0.2) is 0 Å². The normalized spacial score (nSPS) is 26.3. The Balaban J connectivity index is 2.12. The van der Waals surface area contributed by atoms with E-state index in [9.17, 15) is 0 Å². The van der Waals surface area contributed by atoms with Crippen molar-refractivity contribution in [3.8, 4) is 11.5 Å². The molecule has 0 spiro atoms. The molecule has 0 N–H and O–H groups in total. The van der Waals surface area contributed by atoms with Gasteiger partial charge >= 0.3 is 0 Å². The van der Waals surface area contributed by atoms with E-state index in [-0.39, 0.29) is 6.10 Å². The fourth-order valence-corrected chi connectivity index (χ4v) is 3.12. The van der Waals surface area contributed by atoms with Gasteiger partial charge in [0.25, 0.3) is 0 Å². The van der Waals surface area contributed by atoms with Crippen LogP contribution in [0.3, 0.4) is 0 Å². The molecule has 2 rings (SSSR count). The molecule has 1 aromatic carbocycles. The second-order valence-corrected chi connectivity index (χ2v) is 5.55. The molecule has 0 unspecified atom stereocenters. The Bertz CT molecular complexity index is 430. The zero-order valence-electron chi connectivity index (χ0n) is 13.0. The summed E-state index contributed by atoms with van der Waals surface area (Å²) in [6.07, 6.45) is 5.39. The van der Waals surface area contributed by atoms with Crippen molar-refractivity contribution in [3.63, 3.8) is 0 Å². The second-order valence-electron chi connectivity index (χ2n) is 5.55. The molecule has 0 radical (unpaired) electrons. The van der Waals surface area contributed by atoms with Crippen LogP contribution in [0.5, 0.6) is 11.5 Å². The van der Waals surface area contributed by atoms with Crippen molar-refractivity contribution in [3.05, 3.63) is 23.8 Å². The van der Waals surface area contributed by atoms with Crippen LogP contribution in [0.15, 0.2) is 18.2 Å². The third kappa shape index (κ3) is 3.26. The molecule has 0 saturated carbocycles. The Morgan fingerprint density at radius 3 is 2.50 bits per heavy atom. The summed E-state index contributed by atoms with van der Waals surface area (Å²) < 4.78 is 16.8. The molecule has 3 nitrogen and oxygen atoms in total. The molecule has 1 aliphatic heterocycles. The molecule has 1 aliphatic rings. The molecule has 1 aromatic rings. The summed E-state index contributed by atoms with van der Waals surface area (Å²) in [5, 5.41) is 0. The van der Waals surface area contributed by atoms with Crippen molar-refractivity contribution < 1.29 is 14.2 Å². The van der Waals surface area contributed by atoms with Gasteiger partial charge in [-0.1, -0.05) is 19.4 Å². The molecule has 1 heterocycles. The predicted molar refractivity (Wildman–Crippen MR) is 80.8 cm³/mol. The van der Waals surface area contributed by atoms with E-state index in [1.807, 2.05) is 6.07 Å². The Kier molecular flexibility index (Phi) is 5.30. The van der Waals surface area contributed by atoms with Crippen LogP contribution in [-0.4, -0.2) is 26.4 Å². The van der Waals surface area contributed by atoms with E-state index in [1.165, 1.54) is 24.8 Å². The number of hydrogen-bond donors (Lipinski definition) is 0. The fourth-order valence-electron chi connectivity index (χ4n) is 3.12. The van der Waals surface area contributed by atoms with E-state index < -0.39 is 0 Å². The van der Waals surface area contributed by atoms with Gasteiger partial charge in [-0.05, 0) is 43.9 Å². The van der Waals surface area contributed by atoms with Crippen LogP contribution >= 0.6 is 0 Å². The minimum atomic E-state index is 0.262. The molecule has 3 heteroatoms. The van der Waals surface area contributed by atoms with Gasteiger partial charge in [-0.15, -0.1) is 0 Å². The third-order valence-electron chi connectivity index (χ3n) is 4.22. The van der Waals surface area contributed by atoms with E-state index >= 15 is 0 Å². The van der Waals surface area contributed by atoms with Crippen LogP contribution in [0.25, 0.3) is 0 Å². The van der Waals surface area contributed by atoms with Crippen LogP contribution in [0.4, 0.5) is 0 Å². The van der Waals surface area contributed by atoms with Crippen molar-refractivity contribution >= 4 is 0 Å². The topological polar surface area (TPSA) is 27.7 Å². The quantitative estimate of drug-likeness (QED) is 0.809. The van der Waals surface area contributed by atoms with Gasteiger partial charge in [0.2, 0.25) is 0 Å². The average Bonchev–Trinajstić information content (AvgIpc) is 2.47. The summed E-state index contributed by atoms with van der Waals surface area (Å²) in [5.74, 6) is 2.03. The zero-order chi connectivity index (χ0) is 14.5. The lowest BCUT2D eigenvalue weighted by atomic mass is 9.85. The lowest BCUT2D eigenvalue weighted by Gasteiger charge is -2.35. The fraction of sp³-hybridized carbons (Fsp3) is 0.647. The van der Waals surface area contributed by atoms with Crippen molar-refractivity contribution in [2.24, 2.45) is 0 Å². The Hall–Kier alpha value is -1.22. The molecule has 3 atom stereocenters. The second kappa shape index (κ2) is 6.98. The Morgan fingerprint density at radius 2 is 1.90 bits per heavy atom. The van der Waals surface area contributed by atoms with Crippen LogP contribution in [0.1, 0.15) is 51.0 Å². The minimum absolute atomic E-state index is 0.262. The summed E-state index contributed by atoms with van der Waals surface area (Å²) in [5.41, 5.74) is 1.28. The summed E-state index contributed by atoms with van der Waals surface area (Å²) >= 11 is 0. The minimum Gasteiger partial charge on any atom is -0.493 e. The Labute approximate surface area is 122 Å². The highest BCUT2D eigenvalue weighted by Crippen LogP contribution is 2.38. The highest BCUT2D eigenvalue weighted by Gasteiger charge is 2.29. The Morgan fingerprint density at radius 1 is 1.15 bits per heavy atom. The maximum absolute atomic E-state index is 6.15. The first-order chi connectivity index (χ1) is 9.69. The van der Waals surface area contributed by atoms with Crippen LogP contribution < -0.4 is 9.47 Å². The lowest BCUT2D eigenvalue weighted by Crippen LogP contribution is -2.31. The number of benzene rings is 1. The maximum atomic E-state index is 6.15. The molecule has 0 aliphatic carbocycles. The number of hydrogen-bond acceptors (Lipinski definition) is 3. The van der Waals surface area contributed by atoms with Gasteiger partial charge in [-0.3, -0.25) is 0 Å². The smallest absolute Gasteiger partial charge is 0.160 e. The number of methoxy groups -OCH3 is 2. The number of ether oxygens (including phenoxy) is 3. The summed E-state index contributed by atoms with van der Waals surface area (Å²) in [6, 6.07) is 6.20. The highest BCUT2D eigenvalue weighted by molar-refractivity contribution is 5.44.